The molecule has 0 radical (unpaired) electrons. The quantitative estimate of drug-likeness (QED) is 0.394. The molecule has 154 valence electrons. The Bertz CT molecular complexity index is 985. The molecule has 5 nitrogen and oxygen atoms in total. The van der Waals surface area contributed by atoms with Gasteiger partial charge in [-0.2, -0.15) is 0 Å². The summed E-state index contributed by atoms with van der Waals surface area (Å²) in [6, 6.07) is 23.6. The van der Waals surface area contributed by atoms with Crippen molar-refractivity contribution in [3.63, 3.8) is 0 Å². The fourth-order valence-electron chi connectivity index (χ4n) is 3.20. The molecule has 0 heterocycles. The Hall–Kier alpha value is -3.60. The highest BCUT2D eigenvalue weighted by atomic mass is 16.5. The SMILES string of the molecule is CC(CC(=O)O)c1ccc(OCc2ccc(C=N)c(NCc3ccccc3)c2)cc1. The number of nitrogens with one attached hydrogen (secondary N) is 2. The van der Waals surface area contributed by atoms with Crippen molar-refractivity contribution in [2.75, 3.05) is 5.32 Å². The first-order valence-corrected chi connectivity index (χ1v) is 9.91. The lowest BCUT2D eigenvalue weighted by atomic mass is 9.98. The topological polar surface area (TPSA) is 82.4 Å². The summed E-state index contributed by atoms with van der Waals surface area (Å²) in [5, 5.41) is 20.0. The fraction of sp³-hybridized carbons (Fsp3) is 0.200. The summed E-state index contributed by atoms with van der Waals surface area (Å²) >= 11 is 0. The maximum atomic E-state index is 10.9. The van der Waals surface area contributed by atoms with Crippen LogP contribution in [0.25, 0.3) is 0 Å². The van der Waals surface area contributed by atoms with E-state index in [2.05, 4.69) is 17.4 Å². The van der Waals surface area contributed by atoms with Crippen LogP contribution in [0.5, 0.6) is 5.75 Å². The molecule has 1 atom stereocenters. The average molecular weight is 402 g/mol. The number of ether oxygens (including phenoxy) is 1. The first-order valence-electron chi connectivity index (χ1n) is 9.91. The Balaban J connectivity index is 1.62. The molecule has 0 aromatic heterocycles. The van der Waals surface area contributed by atoms with Crippen LogP contribution in [-0.4, -0.2) is 17.3 Å². The third-order valence-electron chi connectivity index (χ3n) is 4.93. The molecule has 0 spiro atoms. The van der Waals surface area contributed by atoms with Crippen molar-refractivity contribution in [3.8, 4) is 5.75 Å². The minimum atomic E-state index is -0.798. The van der Waals surface area contributed by atoms with E-state index in [1.54, 1.807) is 0 Å². The van der Waals surface area contributed by atoms with E-state index in [0.717, 1.165) is 28.1 Å². The Morgan fingerprint density at radius 2 is 1.80 bits per heavy atom. The van der Waals surface area contributed by atoms with E-state index in [1.807, 2.05) is 67.6 Å². The van der Waals surface area contributed by atoms with Crippen LogP contribution in [-0.2, 0) is 17.9 Å². The van der Waals surface area contributed by atoms with Gasteiger partial charge in [-0.1, -0.05) is 61.5 Å². The summed E-state index contributed by atoms with van der Waals surface area (Å²) in [6.45, 7) is 2.99. The molecule has 3 rings (SSSR count). The Morgan fingerprint density at radius 1 is 1.07 bits per heavy atom. The molecule has 3 N–H and O–H groups in total. The van der Waals surface area contributed by atoms with Crippen molar-refractivity contribution in [1.29, 1.82) is 5.41 Å². The Labute approximate surface area is 176 Å². The van der Waals surface area contributed by atoms with Gasteiger partial charge in [-0.3, -0.25) is 4.79 Å². The zero-order valence-corrected chi connectivity index (χ0v) is 17.0. The smallest absolute Gasteiger partial charge is 0.303 e. The van der Waals surface area contributed by atoms with E-state index in [1.165, 1.54) is 11.8 Å². The summed E-state index contributed by atoms with van der Waals surface area (Å²) in [7, 11) is 0. The van der Waals surface area contributed by atoms with E-state index < -0.39 is 5.97 Å². The first kappa shape index (κ1) is 21.1. The van der Waals surface area contributed by atoms with Crippen LogP contribution in [0.15, 0.2) is 72.8 Å². The normalized spacial score (nSPS) is 11.5. The van der Waals surface area contributed by atoms with Crippen molar-refractivity contribution in [3.05, 3.63) is 95.1 Å². The molecule has 0 saturated carbocycles. The van der Waals surface area contributed by atoms with Crippen molar-refractivity contribution in [1.82, 2.24) is 0 Å². The average Bonchev–Trinajstić information content (AvgIpc) is 2.77. The summed E-state index contributed by atoms with van der Waals surface area (Å²) in [4.78, 5) is 10.9. The highest BCUT2D eigenvalue weighted by molar-refractivity contribution is 5.86. The van der Waals surface area contributed by atoms with Crippen molar-refractivity contribution in [2.24, 2.45) is 0 Å². The van der Waals surface area contributed by atoms with Gasteiger partial charge in [0.2, 0.25) is 0 Å². The van der Waals surface area contributed by atoms with E-state index in [9.17, 15) is 4.79 Å². The van der Waals surface area contributed by atoms with E-state index in [-0.39, 0.29) is 12.3 Å². The molecule has 0 aliphatic carbocycles. The summed E-state index contributed by atoms with van der Waals surface area (Å²) in [5.41, 5.74) is 4.87. The summed E-state index contributed by atoms with van der Waals surface area (Å²) in [6.07, 6.45) is 1.45. The van der Waals surface area contributed by atoms with E-state index in [0.29, 0.717) is 13.2 Å². The van der Waals surface area contributed by atoms with Crippen molar-refractivity contribution in [2.45, 2.75) is 32.4 Å². The van der Waals surface area contributed by atoms with Crippen LogP contribution in [0.3, 0.4) is 0 Å². The van der Waals surface area contributed by atoms with Crippen molar-refractivity contribution >= 4 is 17.9 Å². The molecule has 0 bridgehead atoms. The van der Waals surface area contributed by atoms with E-state index in [4.69, 9.17) is 15.3 Å². The first-order chi connectivity index (χ1) is 14.5. The van der Waals surface area contributed by atoms with Gasteiger partial charge in [-0.15, -0.1) is 0 Å². The number of benzene rings is 3. The summed E-state index contributed by atoms with van der Waals surface area (Å²) in [5.74, 6) is -0.104. The van der Waals surface area contributed by atoms with Crippen molar-refractivity contribution < 1.29 is 14.6 Å². The number of hydrogen-bond donors (Lipinski definition) is 3. The Kier molecular flexibility index (Phi) is 7.22. The van der Waals surface area contributed by atoms with Crippen LogP contribution in [0, 0.1) is 5.41 Å². The van der Waals surface area contributed by atoms with Gasteiger partial charge >= 0.3 is 5.97 Å². The predicted molar refractivity (Wildman–Crippen MR) is 120 cm³/mol. The number of aliphatic carboxylic acids is 1. The molecule has 0 saturated heterocycles. The maximum absolute atomic E-state index is 10.9. The fourth-order valence-corrected chi connectivity index (χ4v) is 3.20. The lowest BCUT2D eigenvalue weighted by Crippen LogP contribution is -2.04. The predicted octanol–water partition coefficient (Wildman–Crippen LogP) is 5.45. The number of hydrogen-bond acceptors (Lipinski definition) is 4. The maximum Gasteiger partial charge on any atom is 0.303 e. The van der Waals surface area contributed by atoms with Crippen LogP contribution in [0.1, 0.15) is 41.5 Å². The highest BCUT2D eigenvalue weighted by Gasteiger charge is 2.10. The van der Waals surface area contributed by atoms with Gasteiger partial charge in [0, 0.05) is 24.0 Å². The molecule has 3 aromatic rings. The van der Waals surface area contributed by atoms with Gasteiger partial charge in [-0.25, -0.2) is 0 Å². The second-order valence-electron chi connectivity index (χ2n) is 7.26. The van der Waals surface area contributed by atoms with Crippen LogP contribution in [0.4, 0.5) is 5.69 Å². The summed E-state index contributed by atoms with van der Waals surface area (Å²) < 4.78 is 5.90. The van der Waals surface area contributed by atoms with Crippen LogP contribution in [0.2, 0.25) is 0 Å². The highest BCUT2D eigenvalue weighted by Crippen LogP contribution is 2.23. The molecule has 0 aliphatic heterocycles. The minimum absolute atomic E-state index is 0.0385. The number of anilines is 1. The molecular weight excluding hydrogens is 376 g/mol. The zero-order chi connectivity index (χ0) is 21.3. The van der Waals surface area contributed by atoms with E-state index >= 15 is 0 Å². The Morgan fingerprint density at radius 3 is 2.47 bits per heavy atom. The van der Waals surface area contributed by atoms with Crippen LogP contribution < -0.4 is 10.1 Å². The molecular formula is C25H26N2O3. The third-order valence-corrected chi connectivity index (χ3v) is 4.93. The number of carboxylic acids is 1. The number of carboxylic acid groups (broad SMARTS) is 1. The lowest BCUT2D eigenvalue weighted by Gasteiger charge is -2.13. The largest absolute Gasteiger partial charge is 0.489 e. The molecule has 0 aliphatic rings. The van der Waals surface area contributed by atoms with Gasteiger partial charge in [-0.05, 0) is 40.8 Å². The minimum Gasteiger partial charge on any atom is -0.489 e. The zero-order valence-electron chi connectivity index (χ0n) is 17.0. The lowest BCUT2D eigenvalue weighted by molar-refractivity contribution is -0.137. The monoisotopic (exact) mass is 402 g/mol. The van der Waals surface area contributed by atoms with Gasteiger partial charge < -0.3 is 20.6 Å². The molecule has 3 aromatic carbocycles. The molecule has 0 amide bonds. The third kappa shape index (κ3) is 5.95. The molecule has 30 heavy (non-hydrogen) atoms. The van der Waals surface area contributed by atoms with Gasteiger partial charge in [0.25, 0.3) is 0 Å². The number of rotatable bonds is 10. The molecule has 5 heteroatoms. The van der Waals surface area contributed by atoms with Gasteiger partial charge in [0.05, 0.1) is 6.42 Å². The van der Waals surface area contributed by atoms with Gasteiger partial charge in [0.1, 0.15) is 12.4 Å². The molecule has 0 fully saturated rings. The number of carbonyl (C=O) groups is 1. The standard InChI is InChI=1S/C25H26N2O3/c1-18(13-25(28)29)21-9-11-23(12-10-21)30-17-20-7-8-22(15-26)24(14-20)27-16-19-5-3-2-4-6-19/h2-12,14-15,18,26-27H,13,16-17H2,1H3,(H,28,29). The van der Waals surface area contributed by atoms with Crippen LogP contribution >= 0.6 is 0 Å². The molecule has 1 unspecified atom stereocenters. The second-order valence-corrected chi connectivity index (χ2v) is 7.26. The van der Waals surface area contributed by atoms with Gasteiger partial charge in [0.15, 0.2) is 0 Å². The second kappa shape index (κ2) is 10.3.